The first kappa shape index (κ1) is 20.7. The van der Waals surface area contributed by atoms with Gasteiger partial charge in [0.05, 0.1) is 23.9 Å². The zero-order chi connectivity index (χ0) is 20.8. The number of benzene rings is 1. The smallest absolute Gasteiger partial charge is 0.317 e. The van der Waals surface area contributed by atoms with E-state index in [0.717, 1.165) is 23.0 Å². The number of nitrogens with two attached hydrogens (primary N) is 1. The number of rotatable bonds is 5. The summed E-state index contributed by atoms with van der Waals surface area (Å²) in [5.74, 6) is -0.661. The van der Waals surface area contributed by atoms with Gasteiger partial charge in [-0.1, -0.05) is 37.5 Å². The van der Waals surface area contributed by atoms with Crippen molar-refractivity contribution < 1.29 is 14.7 Å². The van der Waals surface area contributed by atoms with E-state index in [-0.39, 0.29) is 12.2 Å². The summed E-state index contributed by atoms with van der Waals surface area (Å²) in [5.41, 5.74) is 8.17. The Morgan fingerprint density at radius 2 is 1.97 bits per heavy atom. The first-order valence-corrected chi connectivity index (χ1v) is 9.91. The number of amides is 1. The average molecular weight is 397 g/mol. The molecule has 154 valence electrons. The normalized spacial score (nSPS) is 14.5. The van der Waals surface area contributed by atoms with Gasteiger partial charge < -0.3 is 20.7 Å². The number of carboxylic acids is 1. The van der Waals surface area contributed by atoms with Crippen molar-refractivity contribution in [2.24, 2.45) is 11.7 Å². The summed E-state index contributed by atoms with van der Waals surface area (Å²) in [7, 11) is 1.59. The monoisotopic (exact) mass is 397 g/mol. The van der Waals surface area contributed by atoms with Crippen molar-refractivity contribution in [3.8, 4) is 0 Å². The van der Waals surface area contributed by atoms with Crippen LogP contribution in [-0.4, -0.2) is 45.1 Å². The molecule has 8 heteroatoms. The highest BCUT2D eigenvalue weighted by molar-refractivity contribution is 6.11. The van der Waals surface area contributed by atoms with E-state index in [9.17, 15) is 9.59 Å². The number of carbonyl (C=O) groups excluding carboxylic acids is 1. The van der Waals surface area contributed by atoms with Gasteiger partial charge in [0, 0.05) is 11.9 Å². The second-order valence-electron chi connectivity index (χ2n) is 7.36. The summed E-state index contributed by atoms with van der Waals surface area (Å²) < 4.78 is 2.18. The predicted octanol–water partition coefficient (Wildman–Crippen LogP) is 2.55. The predicted molar refractivity (Wildman–Crippen MR) is 112 cm³/mol. The van der Waals surface area contributed by atoms with E-state index in [0.29, 0.717) is 11.4 Å². The fourth-order valence-corrected chi connectivity index (χ4v) is 3.89. The number of primary amides is 1. The van der Waals surface area contributed by atoms with Gasteiger partial charge in [-0.15, -0.1) is 0 Å². The van der Waals surface area contributed by atoms with Crippen LogP contribution in [-0.2, 0) is 11.3 Å². The first-order valence-electron chi connectivity index (χ1n) is 9.91. The highest BCUT2D eigenvalue weighted by Gasteiger charge is 2.20. The van der Waals surface area contributed by atoms with E-state index < -0.39 is 11.9 Å². The average Bonchev–Trinajstić information content (AvgIpc) is 3.12. The van der Waals surface area contributed by atoms with E-state index in [1.807, 2.05) is 30.6 Å². The lowest BCUT2D eigenvalue weighted by Crippen LogP contribution is -2.16. The third-order valence-corrected chi connectivity index (χ3v) is 5.19. The Kier molecular flexibility index (Phi) is 6.77. The van der Waals surface area contributed by atoms with Crippen molar-refractivity contribution in [3.63, 3.8) is 0 Å². The minimum Gasteiger partial charge on any atom is -0.480 e. The second-order valence-corrected chi connectivity index (χ2v) is 7.36. The Hall–Kier alpha value is -3.00. The van der Waals surface area contributed by atoms with E-state index >= 15 is 0 Å². The molecule has 2 heterocycles. The molecule has 0 spiro atoms. The largest absolute Gasteiger partial charge is 0.480 e. The van der Waals surface area contributed by atoms with Crippen LogP contribution in [0.15, 0.2) is 30.6 Å². The number of nitrogens with one attached hydrogen (secondary N) is 1. The van der Waals surface area contributed by atoms with Gasteiger partial charge in [0.1, 0.15) is 5.52 Å². The van der Waals surface area contributed by atoms with Crippen molar-refractivity contribution in [1.29, 1.82) is 0 Å². The molecule has 1 amide bonds. The minimum absolute atomic E-state index is 0.0417. The fraction of sp³-hybridized carbons (Fsp3) is 0.429. The number of fused-ring (bicyclic) bond motifs is 3. The number of pyridine rings is 1. The van der Waals surface area contributed by atoms with Crippen molar-refractivity contribution in [2.45, 2.75) is 38.6 Å². The molecule has 2 aromatic heterocycles. The number of aromatic nitrogens is 3. The summed E-state index contributed by atoms with van der Waals surface area (Å²) >= 11 is 0. The van der Waals surface area contributed by atoms with Gasteiger partial charge >= 0.3 is 5.97 Å². The van der Waals surface area contributed by atoms with Gasteiger partial charge in [-0.25, -0.2) is 9.97 Å². The van der Waals surface area contributed by atoms with Crippen LogP contribution < -0.4 is 11.1 Å². The second kappa shape index (κ2) is 9.47. The molecule has 1 saturated carbocycles. The van der Waals surface area contributed by atoms with Gasteiger partial charge in [0.15, 0.2) is 5.69 Å². The molecule has 3 aromatic rings. The molecule has 0 atom stereocenters. The molecule has 8 nitrogen and oxygen atoms in total. The molecule has 1 aromatic carbocycles. The van der Waals surface area contributed by atoms with Gasteiger partial charge in [-0.3, -0.25) is 9.59 Å². The highest BCUT2D eigenvalue weighted by atomic mass is 16.4. The van der Waals surface area contributed by atoms with Crippen LogP contribution in [0.2, 0.25) is 0 Å². The summed E-state index contributed by atoms with van der Waals surface area (Å²) in [4.78, 5) is 30.2. The molecule has 29 heavy (non-hydrogen) atoms. The van der Waals surface area contributed by atoms with Crippen LogP contribution in [0, 0.1) is 5.92 Å². The maximum absolute atomic E-state index is 11.8. The maximum atomic E-state index is 11.8. The molecular formula is C21H27N5O3. The molecule has 1 fully saturated rings. The molecule has 0 unspecified atom stereocenters. The van der Waals surface area contributed by atoms with Crippen LogP contribution in [0.25, 0.3) is 21.9 Å². The van der Waals surface area contributed by atoms with Crippen LogP contribution in [0.1, 0.15) is 42.6 Å². The van der Waals surface area contributed by atoms with Crippen molar-refractivity contribution >= 4 is 33.8 Å². The number of hydrogen-bond donors (Lipinski definition) is 3. The number of aliphatic carboxylic acids is 1. The number of hydrogen-bond acceptors (Lipinski definition) is 5. The summed E-state index contributed by atoms with van der Waals surface area (Å²) in [6, 6.07) is 7.87. The molecule has 0 radical (unpaired) electrons. The van der Waals surface area contributed by atoms with Crippen LogP contribution in [0.4, 0.5) is 0 Å². The number of carbonyl (C=O) groups is 2. The number of imidazole rings is 1. The molecule has 4 rings (SSSR count). The number of para-hydroxylation sites is 1. The molecule has 0 bridgehead atoms. The van der Waals surface area contributed by atoms with Gasteiger partial charge in [0.2, 0.25) is 0 Å². The lowest BCUT2D eigenvalue weighted by Gasteiger charge is -2.22. The minimum atomic E-state index is -0.822. The van der Waals surface area contributed by atoms with Gasteiger partial charge in [0.25, 0.3) is 5.91 Å². The number of carboxylic acid groups (broad SMARTS) is 1. The van der Waals surface area contributed by atoms with Crippen LogP contribution in [0.3, 0.4) is 0 Å². The fourth-order valence-electron chi connectivity index (χ4n) is 3.89. The van der Waals surface area contributed by atoms with Gasteiger partial charge in [-0.2, -0.15) is 0 Å². The van der Waals surface area contributed by atoms with E-state index in [1.165, 1.54) is 32.1 Å². The summed E-state index contributed by atoms with van der Waals surface area (Å²) in [6.07, 6.45) is 8.34. The number of nitrogens with zero attached hydrogens (tertiary/aromatic N) is 3. The van der Waals surface area contributed by atoms with Crippen LogP contribution >= 0.6 is 0 Å². The first-order chi connectivity index (χ1) is 14.0. The Labute approximate surface area is 169 Å². The zero-order valence-corrected chi connectivity index (χ0v) is 16.6. The standard InChI is InChI=1S/C18H20N4O.C3H7NO2/c19-18(23)16-15-17(13-8-4-5-9-14(13)21-16)22(11-20-15)10-12-6-2-1-3-7-12;1-4-2-3(5)6/h4-5,8-9,11-12H,1-3,6-7,10H2,(H2,19,23);4H,2H2,1H3,(H,5,6). The third kappa shape index (κ3) is 4.89. The van der Waals surface area contributed by atoms with Gasteiger partial charge in [-0.05, 0) is 31.9 Å². The number of likely N-dealkylation sites (N-methyl/N-ethyl adjacent to an activating group) is 1. The summed E-state index contributed by atoms with van der Waals surface area (Å²) in [5, 5.41) is 11.3. The zero-order valence-electron chi connectivity index (χ0n) is 16.6. The van der Waals surface area contributed by atoms with Crippen LogP contribution in [0.5, 0.6) is 0 Å². The molecule has 0 saturated heterocycles. The van der Waals surface area contributed by atoms with Crippen molar-refractivity contribution in [1.82, 2.24) is 19.9 Å². The molecule has 1 aliphatic rings. The van der Waals surface area contributed by atoms with Crippen molar-refractivity contribution in [2.75, 3.05) is 13.6 Å². The third-order valence-electron chi connectivity index (χ3n) is 5.19. The van der Waals surface area contributed by atoms with E-state index in [1.54, 1.807) is 7.05 Å². The Bertz CT molecular complexity index is 1010. The van der Waals surface area contributed by atoms with E-state index in [4.69, 9.17) is 10.8 Å². The maximum Gasteiger partial charge on any atom is 0.317 e. The molecule has 4 N–H and O–H groups in total. The lowest BCUT2D eigenvalue weighted by atomic mass is 9.89. The van der Waals surface area contributed by atoms with Crippen molar-refractivity contribution in [3.05, 3.63) is 36.3 Å². The summed E-state index contributed by atoms with van der Waals surface area (Å²) in [6.45, 7) is 0.989. The SMILES string of the molecule is CNCC(=O)O.NC(=O)c1nc2ccccc2c2c1ncn2CC1CCCCC1. The Morgan fingerprint density at radius 1 is 1.24 bits per heavy atom. The molecule has 1 aliphatic carbocycles. The topological polar surface area (TPSA) is 123 Å². The highest BCUT2D eigenvalue weighted by Crippen LogP contribution is 2.29. The molecule has 0 aliphatic heterocycles. The quantitative estimate of drug-likeness (QED) is 0.608. The Balaban J connectivity index is 0.000000353. The van der Waals surface area contributed by atoms with E-state index in [2.05, 4.69) is 19.9 Å². The lowest BCUT2D eigenvalue weighted by molar-refractivity contribution is -0.135. The molecular weight excluding hydrogens is 370 g/mol. The Morgan fingerprint density at radius 3 is 2.59 bits per heavy atom.